The van der Waals surface area contributed by atoms with Crippen LogP contribution >= 0.6 is 0 Å². The number of amides is 2. The van der Waals surface area contributed by atoms with Crippen LogP contribution in [-0.4, -0.2) is 70.2 Å². The van der Waals surface area contributed by atoms with Gasteiger partial charge in [-0.1, -0.05) is 18.2 Å². The van der Waals surface area contributed by atoms with E-state index in [1.807, 2.05) is 6.07 Å². The Kier molecular flexibility index (Phi) is 6.02. The number of ether oxygens (including phenoxy) is 2. The molecule has 2 atom stereocenters. The lowest BCUT2D eigenvalue weighted by Gasteiger charge is -2.18. The maximum absolute atomic E-state index is 13.3. The Balaban J connectivity index is 1.59. The van der Waals surface area contributed by atoms with Crippen LogP contribution in [0.3, 0.4) is 0 Å². The first-order chi connectivity index (χ1) is 15.5. The number of aromatic nitrogens is 4. The second-order valence-electron chi connectivity index (χ2n) is 7.45. The highest BCUT2D eigenvalue weighted by molar-refractivity contribution is 5.97. The highest BCUT2D eigenvalue weighted by Crippen LogP contribution is 2.29. The number of hydrogen-bond acceptors (Lipinski definition) is 7. The second kappa shape index (κ2) is 9.04. The Hall–Kier alpha value is -3.95. The van der Waals surface area contributed by atoms with Crippen LogP contribution in [0.2, 0.25) is 0 Å². The van der Waals surface area contributed by atoms with E-state index in [0.717, 1.165) is 0 Å². The van der Waals surface area contributed by atoms with Gasteiger partial charge in [-0.25, -0.2) is 4.98 Å². The minimum absolute atomic E-state index is 0.177. The molecule has 2 aromatic heterocycles. The summed E-state index contributed by atoms with van der Waals surface area (Å²) < 4.78 is 10.4. The van der Waals surface area contributed by atoms with E-state index >= 15 is 0 Å². The molecule has 166 valence electrons. The van der Waals surface area contributed by atoms with E-state index in [2.05, 4.69) is 25.5 Å². The Morgan fingerprint density at radius 3 is 2.50 bits per heavy atom. The number of aromatic amines is 1. The Bertz CT molecular complexity index is 1120. The monoisotopic (exact) mass is 436 g/mol. The number of likely N-dealkylation sites (tertiary alicyclic amines) is 1. The molecule has 3 aromatic rings. The van der Waals surface area contributed by atoms with E-state index in [0.29, 0.717) is 41.7 Å². The minimum Gasteiger partial charge on any atom is -0.481 e. The zero-order valence-electron chi connectivity index (χ0n) is 18.0. The molecule has 32 heavy (non-hydrogen) atoms. The second-order valence-corrected chi connectivity index (χ2v) is 7.45. The summed E-state index contributed by atoms with van der Waals surface area (Å²) in [6.07, 6.45) is 0. The van der Waals surface area contributed by atoms with Crippen LogP contribution < -0.4 is 14.8 Å². The maximum Gasteiger partial charge on any atom is 0.259 e. The number of methoxy groups -OCH3 is 2. The van der Waals surface area contributed by atoms with Gasteiger partial charge < -0.3 is 19.7 Å². The number of carbonyl (C=O) groups excluding carboxylic acids is 2. The summed E-state index contributed by atoms with van der Waals surface area (Å²) in [4.78, 5) is 36.4. The zero-order chi connectivity index (χ0) is 22.7. The molecule has 1 saturated heterocycles. The number of benzene rings is 1. The molecule has 4 rings (SSSR count). The third kappa shape index (κ3) is 4.25. The minimum atomic E-state index is -0.362. The molecule has 0 spiro atoms. The van der Waals surface area contributed by atoms with Gasteiger partial charge in [-0.05, 0) is 25.1 Å². The van der Waals surface area contributed by atoms with Gasteiger partial charge in [0.2, 0.25) is 11.8 Å². The fourth-order valence-corrected chi connectivity index (χ4v) is 3.77. The Labute approximate surface area is 185 Å². The van der Waals surface area contributed by atoms with Gasteiger partial charge in [0.15, 0.2) is 5.82 Å². The van der Waals surface area contributed by atoms with Crippen molar-refractivity contribution >= 4 is 11.8 Å². The smallest absolute Gasteiger partial charge is 0.259 e. The Morgan fingerprint density at radius 2 is 1.84 bits per heavy atom. The van der Waals surface area contributed by atoms with Crippen molar-refractivity contribution in [2.24, 2.45) is 0 Å². The average Bonchev–Trinajstić information content (AvgIpc) is 3.44. The van der Waals surface area contributed by atoms with E-state index in [1.165, 1.54) is 14.2 Å². The first-order valence-electron chi connectivity index (χ1n) is 10.1. The lowest BCUT2D eigenvalue weighted by Crippen LogP contribution is -2.40. The van der Waals surface area contributed by atoms with E-state index in [9.17, 15) is 9.59 Å². The van der Waals surface area contributed by atoms with Crippen LogP contribution in [0.25, 0.3) is 0 Å². The molecule has 0 radical (unpaired) electrons. The third-order valence-corrected chi connectivity index (χ3v) is 5.37. The van der Waals surface area contributed by atoms with Crippen LogP contribution in [0.5, 0.6) is 11.8 Å². The first-order valence-corrected chi connectivity index (χ1v) is 10.1. The number of carbonyl (C=O) groups is 2. The van der Waals surface area contributed by atoms with Crippen LogP contribution in [0.15, 0.2) is 42.5 Å². The van der Waals surface area contributed by atoms with Crippen molar-refractivity contribution in [2.45, 2.75) is 18.9 Å². The molecule has 2 N–H and O–H groups in total. The van der Waals surface area contributed by atoms with Crippen molar-refractivity contribution in [3.63, 3.8) is 0 Å². The van der Waals surface area contributed by atoms with E-state index < -0.39 is 0 Å². The highest BCUT2D eigenvalue weighted by atomic mass is 16.5. The van der Waals surface area contributed by atoms with Gasteiger partial charge in [-0.15, -0.1) is 0 Å². The number of nitrogens with zero attached hydrogens (tertiary/aromatic N) is 4. The number of hydrogen-bond donors (Lipinski definition) is 2. The van der Waals surface area contributed by atoms with Gasteiger partial charge in [-0.3, -0.25) is 14.7 Å². The van der Waals surface area contributed by atoms with Gasteiger partial charge in [0.1, 0.15) is 11.4 Å². The lowest BCUT2D eigenvalue weighted by atomic mass is 10.0. The molecule has 10 heteroatoms. The van der Waals surface area contributed by atoms with Gasteiger partial charge in [-0.2, -0.15) is 10.1 Å². The summed E-state index contributed by atoms with van der Waals surface area (Å²) in [5, 5.41) is 10.2. The standard InChI is InChI=1S/C22H24N6O4/c1-13-23-19(27-26-13)16-11-28(12-17(16)24-20(29)14-7-5-4-6-8-14)22(30)15-9-10-18(31-2)25-21(15)32-3/h4-10,16-17H,11-12H2,1-3H3,(H,24,29)(H,23,26,27)/t16-,17-/m1/s1. The van der Waals surface area contributed by atoms with Gasteiger partial charge in [0.25, 0.3) is 11.8 Å². The summed E-state index contributed by atoms with van der Waals surface area (Å²) in [7, 11) is 2.94. The van der Waals surface area contributed by atoms with Crippen molar-refractivity contribution in [2.75, 3.05) is 27.3 Å². The maximum atomic E-state index is 13.3. The SMILES string of the molecule is COc1ccc(C(=O)N2C[C@@H](NC(=O)c3ccccc3)[C@H](c3n[nH]c(C)n3)C2)c(OC)n1. The van der Waals surface area contributed by atoms with Crippen molar-refractivity contribution in [3.8, 4) is 11.8 Å². The summed E-state index contributed by atoms with van der Waals surface area (Å²) in [5.74, 6) is 0.999. The zero-order valence-corrected chi connectivity index (χ0v) is 18.0. The predicted octanol–water partition coefficient (Wildman–Crippen LogP) is 1.56. The molecular weight excluding hydrogens is 412 g/mol. The Morgan fingerprint density at radius 1 is 1.06 bits per heavy atom. The largest absolute Gasteiger partial charge is 0.481 e. The molecule has 1 aliphatic rings. The number of H-pyrrole nitrogens is 1. The van der Waals surface area contributed by atoms with Crippen LogP contribution in [0.1, 0.15) is 38.3 Å². The molecular formula is C22H24N6O4. The summed E-state index contributed by atoms with van der Waals surface area (Å²) >= 11 is 0. The number of pyridine rings is 1. The fraction of sp³-hybridized carbons (Fsp3) is 0.318. The molecule has 1 aliphatic heterocycles. The molecule has 0 bridgehead atoms. The molecule has 1 aromatic carbocycles. The molecule has 0 saturated carbocycles. The highest BCUT2D eigenvalue weighted by Gasteiger charge is 2.40. The summed E-state index contributed by atoms with van der Waals surface area (Å²) in [5.41, 5.74) is 0.858. The van der Waals surface area contributed by atoms with Gasteiger partial charge in [0, 0.05) is 24.7 Å². The van der Waals surface area contributed by atoms with Gasteiger partial charge >= 0.3 is 0 Å². The lowest BCUT2D eigenvalue weighted by molar-refractivity contribution is 0.0778. The number of rotatable bonds is 6. The van der Waals surface area contributed by atoms with E-state index in [4.69, 9.17) is 9.47 Å². The third-order valence-electron chi connectivity index (χ3n) is 5.37. The first kappa shape index (κ1) is 21.3. The quantitative estimate of drug-likeness (QED) is 0.601. The van der Waals surface area contributed by atoms with Gasteiger partial charge in [0.05, 0.1) is 26.2 Å². The summed E-state index contributed by atoms with van der Waals surface area (Å²) in [6.45, 7) is 2.44. The molecule has 10 nitrogen and oxygen atoms in total. The van der Waals surface area contributed by atoms with Crippen molar-refractivity contribution < 1.29 is 19.1 Å². The van der Waals surface area contributed by atoms with Crippen LogP contribution in [0, 0.1) is 6.92 Å². The molecule has 0 aliphatic carbocycles. The number of aryl methyl sites for hydroxylation is 1. The number of nitrogens with one attached hydrogen (secondary N) is 2. The van der Waals surface area contributed by atoms with Crippen LogP contribution in [0.4, 0.5) is 0 Å². The molecule has 3 heterocycles. The van der Waals surface area contributed by atoms with E-state index in [-0.39, 0.29) is 29.7 Å². The van der Waals surface area contributed by atoms with Crippen LogP contribution in [-0.2, 0) is 0 Å². The predicted molar refractivity (Wildman–Crippen MR) is 115 cm³/mol. The average molecular weight is 436 g/mol. The van der Waals surface area contributed by atoms with E-state index in [1.54, 1.807) is 48.2 Å². The molecule has 2 amide bonds. The molecule has 0 unspecified atom stereocenters. The molecule has 1 fully saturated rings. The van der Waals surface area contributed by atoms with Crippen molar-refractivity contribution in [3.05, 3.63) is 65.2 Å². The topological polar surface area (TPSA) is 122 Å². The fourth-order valence-electron chi connectivity index (χ4n) is 3.77. The van der Waals surface area contributed by atoms with Crippen molar-refractivity contribution in [1.29, 1.82) is 0 Å². The van der Waals surface area contributed by atoms with Crippen molar-refractivity contribution in [1.82, 2.24) is 30.4 Å². The summed E-state index contributed by atoms with van der Waals surface area (Å²) in [6, 6.07) is 11.8. The normalized spacial score (nSPS) is 17.8.